The van der Waals surface area contributed by atoms with Crippen molar-refractivity contribution in [1.29, 1.82) is 0 Å². The molecular weight excluding hydrogens is 295 g/mol. The van der Waals surface area contributed by atoms with Gasteiger partial charge in [-0.25, -0.2) is 17.9 Å². The van der Waals surface area contributed by atoms with Gasteiger partial charge in [-0.3, -0.25) is 0 Å². The summed E-state index contributed by atoms with van der Waals surface area (Å²) >= 11 is 0. The molecule has 0 aromatic heterocycles. The van der Waals surface area contributed by atoms with E-state index in [0.29, 0.717) is 6.54 Å². The third-order valence-corrected chi connectivity index (χ3v) is 3.87. The van der Waals surface area contributed by atoms with Crippen LogP contribution in [0.25, 0.3) is 0 Å². The Morgan fingerprint density at radius 1 is 1.10 bits per heavy atom. The normalized spacial score (nSPS) is 11.4. The lowest BCUT2D eigenvalue weighted by molar-refractivity contribution is 0.282. The third kappa shape index (κ3) is 4.01. The number of nitrogens with two attached hydrogens (primary N) is 1. The molecule has 0 saturated carbocycles. The van der Waals surface area contributed by atoms with E-state index in [4.69, 9.17) is 10.2 Å². The molecular formula is C14H15FN2O3S. The Bertz CT molecular complexity index is 730. The molecule has 0 aliphatic carbocycles. The Morgan fingerprint density at radius 3 is 2.24 bits per heavy atom. The zero-order chi connectivity index (χ0) is 15.5. The summed E-state index contributed by atoms with van der Waals surface area (Å²) in [5.41, 5.74) is 1.89. The number of nitrogens with one attached hydrogen (secondary N) is 1. The van der Waals surface area contributed by atoms with Gasteiger partial charge in [-0.1, -0.05) is 24.3 Å². The number of rotatable bonds is 5. The number of anilines is 1. The maximum absolute atomic E-state index is 13.8. The van der Waals surface area contributed by atoms with Crippen molar-refractivity contribution in [2.75, 3.05) is 5.32 Å². The number of aliphatic hydroxyl groups is 1. The Balaban J connectivity index is 2.09. The van der Waals surface area contributed by atoms with Crippen LogP contribution in [0.1, 0.15) is 11.1 Å². The SMILES string of the molecule is NS(=O)(=O)c1ccc(NCc2ccc(CO)cc2)c(F)c1. The van der Waals surface area contributed by atoms with E-state index >= 15 is 0 Å². The van der Waals surface area contributed by atoms with E-state index < -0.39 is 15.8 Å². The number of benzene rings is 2. The Morgan fingerprint density at radius 2 is 1.71 bits per heavy atom. The first-order valence-electron chi connectivity index (χ1n) is 6.15. The van der Waals surface area contributed by atoms with Gasteiger partial charge in [0.2, 0.25) is 10.0 Å². The van der Waals surface area contributed by atoms with Crippen LogP contribution in [0.4, 0.5) is 10.1 Å². The minimum Gasteiger partial charge on any atom is -0.392 e. The highest BCUT2D eigenvalue weighted by atomic mass is 32.2. The lowest BCUT2D eigenvalue weighted by Gasteiger charge is -2.09. The highest BCUT2D eigenvalue weighted by Gasteiger charge is 2.11. The van der Waals surface area contributed by atoms with Crippen molar-refractivity contribution in [3.05, 3.63) is 59.4 Å². The number of hydrogen-bond donors (Lipinski definition) is 3. The van der Waals surface area contributed by atoms with Gasteiger partial charge < -0.3 is 10.4 Å². The zero-order valence-electron chi connectivity index (χ0n) is 11.1. The van der Waals surface area contributed by atoms with Crippen molar-refractivity contribution >= 4 is 15.7 Å². The fourth-order valence-corrected chi connectivity index (χ4v) is 2.30. The maximum Gasteiger partial charge on any atom is 0.238 e. The average molecular weight is 310 g/mol. The first-order valence-corrected chi connectivity index (χ1v) is 7.69. The second-order valence-electron chi connectivity index (χ2n) is 4.51. The number of sulfonamides is 1. The Labute approximate surface area is 122 Å². The summed E-state index contributed by atoms with van der Waals surface area (Å²) in [5.74, 6) is -0.687. The van der Waals surface area contributed by atoms with Gasteiger partial charge in [0.05, 0.1) is 17.2 Å². The smallest absolute Gasteiger partial charge is 0.238 e. The van der Waals surface area contributed by atoms with Crippen LogP contribution < -0.4 is 10.5 Å². The summed E-state index contributed by atoms with van der Waals surface area (Å²) in [5, 5.41) is 16.7. The fraction of sp³-hybridized carbons (Fsp3) is 0.143. The molecule has 2 aromatic carbocycles. The third-order valence-electron chi connectivity index (χ3n) is 2.96. The Kier molecular flexibility index (Phi) is 4.56. The molecule has 4 N–H and O–H groups in total. The first kappa shape index (κ1) is 15.4. The number of halogens is 1. The fourth-order valence-electron chi connectivity index (χ4n) is 1.78. The van der Waals surface area contributed by atoms with E-state index in [1.165, 1.54) is 12.1 Å². The molecule has 0 bridgehead atoms. The standard InChI is InChI=1S/C14H15FN2O3S/c15-13-7-12(21(16,19)20)5-6-14(13)17-8-10-1-3-11(9-18)4-2-10/h1-7,17-18H,8-9H2,(H2,16,19,20). The molecule has 0 atom stereocenters. The van der Waals surface area contributed by atoms with Gasteiger partial charge in [-0.15, -0.1) is 0 Å². The predicted octanol–water partition coefficient (Wildman–Crippen LogP) is 1.58. The molecule has 0 radical (unpaired) electrons. The van der Waals surface area contributed by atoms with Gasteiger partial charge in [0, 0.05) is 6.54 Å². The molecule has 0 unspecified atom stereocenters. The van der Waals surface area contributed by atoms with Crippen molar-refractivity contribution in [3.63, 3.8) is 0 Å². The number of aliphatic hydroxyl groups excluding tert-OH is 1. The van der Waals surface area contributed by atoms with Gasteiger partial charge in [0.25, 0.3) is 0 Å². The highest BCUT2D eigenvalue weighted by molar-refractivity contribution is 7.89. The van der Waals surface area contributed by atoms with E-state index in [1.807, 2.05) is 12.1 Å². The van der Waals surface area contributed by atoms with E-state index in [-0.39, 0.29) is 17.2 Å². The van der Waals surface area contributed by atoms with Crippen LogP contribution in [0.2, 0.25) is 0 Å². The maximum atomic E-state index is 13.8. The monoisotopic (exact) mass is 310 g/mol. The van der Waals surface area contributed by atoms with Crippen LogP contribution in [0.5, 0.6) is 0 Å². The summed E-state index contributed by atoms with van der Waals surface area (Å²) in [7, 11) is -3.91. The molecule has 2 rings (SSSR count). The largest absolute Gasteiger partial charge is 0.392 e. The van der Waals surface area contributed by atoms with Gasteiger partial charge >= 0.3 is 0 Å². The van der Waals surface area contributed by atoms with Gasteiger partial charge in [-0.2, -0.15) is 0 Å². The van der Waals surface area contributed by atoms with Gasteiger partial charge in [0.15, 0.2) is 0 Å². The van der Waals surface area contributed by atoms with Crippen molar-refractivity contribution in [2.24, 2.45) is 5.14 Å². The quantitative estimate of drug-likeness (QED) is 0.781. The second kappa shape index (κ2) is 6.21. The lowest BCUT2D eigenvalue weighted by atomic mass is 10.1. The topological polar surface area (TPSA) is 92.4 Å². The molecule has 0 heterocycles. The van der Waals surface area contributed by atoms with Crippen LogP contribution >= 0.6 is 0 Å². The molecule has 0 spiro atoms. The summed E-state index contributed by atoms with van der Waals surface area (Å²) < 4.78 is 36.0. The molecule has 0 fully saturated rings. The molecule has 0 aliphatic rings. The van der Waals surface area contributed by atoms with E-state index in [0.717, 1.165) is 17.2 Å². The molecule has 0 aliphatic heterocycles. The van der Waals surface area contributed by atoms with Crippen LogP contribution in [-0.4, -0.2) is 13.5 Å². The minimum absolute atomic E-state index is 0.0304. The van der Waals surface area contributed by atoms with Crippen molar-refractivity contribution in [3.8, 4) is 0 Å². The molecule has 7 heteroatoms. The van der Waals surface area contributed by atoms with Gasteiger partial charge in [0.1, 0.15) is 5.82 Å². The molecule has 0 amide bonds. The summed E-state index contributed by atoms with van der Waals surface area (Å²) in [6.45, 7) is 0.342. The second-order valence-corrected chi connectivity index (χ2v) is 6.08. The van der Waals surface area contributed by atoms with Crippen molar-refractivity contribution in [1.82, 2.24) is 0 Å². The zero-order valence-corrected chi connectivity index (χ0v) is 11.9. The Hall–Kier alpha value is -1.96. The molecule has 2 aromatic rings. The molecule has 0 saturated heterocycles. The minimum atomic E-state index is -3.91. The van der Waals surface area contributed by atoms with Crippen LogP contribution in [0, 0.1) is 5.82 Å². The summed E-state index contributed by atoms with van der Waals surface area (Å²) in [6.07, 6.45) is 0. The van der Waals surface area contributed by atoms with Gasteiger partial charge in [-0.05, 0) is 29.3 Å². The highest BCUT2D eigenvalue weighted by Crippen LogP contribution is 2.19. The lowest BCUT2D eigenvalue weighted by Crippen LogP contribution is -2.12. The van der Waals surface area contributed by atoms with E-state index in [2.05, 4.69) is 5.32 Å². The summed E-state index contributed by atoms with van der Waals surface area (Å²) in [6, 6.07) is 10.6. The molecule has 21 heavy (non-hydrogen) atoms. The summed E-state index contributed by atoms with van der Waals surface area (Å²) in [4.78, 5) is -0.266. The number of hydrogen-bond acceptors (Lipinski definition) is 4. The van der Waals surface area contributed by atoms with Crippen LogP contribution in [0.3, 0.4) is 0 Å². The van der Waals surface area contributed by atoms with Crippen molar-refractivity contribution in [2.45, 2.75) is 18.0 Å². The average Bonchev–Trinajstić information content (AvgIpc) is 2.45. The van der Waals surface area contributed by atoms with E-state index in [1.54, 1.807) is 12.1 Å². The predicted molar refractivity (Wildman–Crippen MR) is 77.5 cm³/mol. The van der Waals surface area contributed by atoms with Crippen LogP contribution in [-0.2, 0) is 23.2 Å². The molecule has 5 nitrogen and oxygen atoms in total. The van der Waals surface area contributed by atoms with Crippen LogP contribution in [0.15, 0.2) is 47.4 Å². The van der Waals surface area contributed by atoms with Crippen molar-refractivity contribution < 1.29 is 17.9 Å². The number of primary sulfonamides is 1. The molecule has 112 valence electrons. The first-order chi connectivity index (χ1) is 9.90. The van der Waals surface area contributed by atoms with E-state index in [9.17, 15) is 12.8 Å².